The highest BCUT2D eigenvalue weighted by molar-refractivity contribution is 7.14. The van der Waals surface area contributed by atoms with Crippen LogP contribution in [0.1, 0.15) is 48.3 Å². The normalized spacial score (nSPS) is 15.0. The fourth-order valence-corrected chi connectivity index (χ4v) is 5.36. The molecule has 0 spiro atoms. The van der Waals surface area contributed by atoms with Crippen molar-refractivity contribution in [1.29, 1.82) is 0 Å². The Balaban J connectivity index is 1.25. The Bertz CT molecular complexity index is 1380. The molecule has 0 aliphatic heterocycles. The average Bonchev–Trinajstić information content (AvgIpc) is 3.52. The van der Waals surface area contributed by atoms with Crippen LogP contribution < -0.4 is 10.2 Å². The molecule has 7 nitrogen and oxygen atoms in total. The Labute approximate surface area is 214 Å². The van der Waals surface area contributed by atoms with E-state index in [-0.39, 0.29) is 17.9 Å². The van der Waals surface area contributed by atoms with Gasteiger partial charge in [-0.3, -0.25) is 19.2 Å². The predicted octanol–water partition coefficient (Wildman–Crippen LogP) is 5.28. The lowest BCUT2D eigenvalue weighted by Crippen LogP contribution is -2.29. The van der Waals surface area contributed by atoms with E-state index in [2.05, 4.69) is 27.5 Å². The number of benzene rings is 2. The number of nitrogens with zero attached hydrogens (tertiary/aromatic N) is 4. The van der Waals surface area contributed by atoms with Crippen molar-refractivity contribution in [1.82, 2.24) is 20.1 Å². The Morgan fingerprint density at radius 2 is 1.89 bits per heavy atom. The quantitative estimate of drug-likeness (QED) is 0.352. The molecule has 0 radical (unpaired) electrons. The van der Waals surface area contributed by atoms with Crippen LogP contribution in [0.5, 0.6) is 0 Å². The number of carbonyl (C=O) groups is 2. The van der Waals surface area contributed by atoms with Crippen molar-refractivity contribution in [2.24, 2.45) is 0 Å². The summed E-state index contributed by atoms with van der Waals surface area (Å²) in [7, 11) is 0. The molecule has 36 heavy (non-hydrogen) atoms. The fraction of sp³-hybridized carbons (Fsp3) is 0.214. The van der Waals surface area contributed by atoms with E-state index < -0.39 is 0 Å². The molecule has 2 aromatic carbocycles. The minimum absolute atomic E-state index is 0.0623. The van der Waals surface area contributed by atoms with Gasteiger partial charge in [0.1, 0.15) is 0 Å². The molecule has 182 valence electrons. The van der Waals surface area contributed by atoms with Crippen LogP contribution in [0.15, 0.2) is 78.3 Å². The van der Waals surface area contributed by atoms with E-state index >= 15 is 0 Å². The van der Waals surface area contributed by atoms with Crippen LogP contribution >= 0.6 is 11.3 Å². The van der Waals surface area contributed by atoms with E-state index in [0.717, 1.165) is 37.1 Å². The molecule has 1 aliphatic carbocycles. The number of fused-ring (bicyclic) bond motifs is 1. The minimum atomic E-state index is -0.176. The van der Waals surface area contributed by atoms with Crippen LogP contribution in [0.2, 0.25) is 0 Å². The molecular weight excluding hydrogens is 470 g/mol. The number of hydrogen-bond donors (Lipinski definition) is 1. The van der Waals surface area contributed by atoms with Gasteiger partial charge in [0.05, 0.1) is 30.2 Å². The second-order valence-corrected chi connectivity index (χ2v) is 9.56. The third-order valence-electron chi connectivity index (χ3n) is 6.19. The largest absolute Gasteiger partial charge is 0.346 e. The summed E-state index contributed by atoms with van der Waals surface area (Å²) in [6.45, 7) is 2.24. The van der Waals surface area contributed by atoms with Crippen LogP contribution in [0.3, 0.4) is 0 Å². The van der Waals surface area contributed by atoms with Gasteiger partial charge in [-0.1, -0.05) is 48.5 Å². The first-order valence-electron chi connectivity index (χ1n) is 12.0. The third kappa shape index (κ3) is 5.28. The van der Waals surface area contributed by atoms with Crippen molar-refractivity contribution in [2.75, 3.05) is 4.90 Å². The molecule has 8 heteroatoms. The summed E-state index contributed by atoms with van der Waals surface area (Å²) >= 11 is 1.36. The monoisotopic (exact) mass is 497 g/mol. The SMILES string of the molecule is CC(=O)N(c1ccccc1)c1nc(/C=C/C(=O)NC2CCCc3c2cnn3Cc2ccccc2)cs1. The molecule has 0 bridgehead atoms. The summed E-state index contributed by atoms with van der Waals surface area (Å²) in [6.07, 6.45) is 7.91. The Kier molecular flexibility index (Phi) is 7.04. The molecule has 0 saturated heterocycles. The molecule has 2 aromatic heterocycles. The standard InChI is InChI=1S/C28H27N5O2S/c1-20(34)33(23-11-6-3-7-12-23)28-30-22(19-36-28)15-16-27(35)31-25-13-8-14-26-24(25)17-29-32(26)18-21-9-4-2-5-10-21/h2-7,9-12,15-17,19,25H,8,13-14,18H2,1H3,(H,31,35)/b16-15+. The van der Waals surface area contributed by atoms with Crippen LogP contribution in [-0.4, -0.2) is 26.6 Å². The molecule has 0 saturated carbocycles. The van der Waals surface area contributed by atoms with Gasteiger partial charge in [-0.05, 0) is 43.0 Å². The minimum Gasteiger partial charge on any atom is -0.346 e. The molecule has 5 rings (SSSR count). The second kappa shape index (κ2) is 10.7. The van der Waals surface area contributed by atoms with Gasteiger partial charge < -0.3 is 5.32 Å². The highest BCUT2D eigenvalue weighted by Crippen LogP contribution is 2.31. The molecule has 2 heterocycles. The van der Waals surface area contributed by atoms with Crippen molar-refractivity contribution in [3.05, 3.63) is 101 Å². The van der Waals surface area contributed by atoms with Crippen molar-refractivity contribution in [3.8, 4) is 0 Å². The number of thiazole rings is 1. The topological polar surface area (TPSA) is 80.1 Å². The Hall–Kier alpha value is -4.04. The van der Waals surface area contributed by atoms with Gasteiger partial charge in [0.25, 0.3) is 0 Å². The van der Waals surface area contributed by atoms with E-state index in [4.69, 9.17) is 0 Å². The van der Waals surface area contributed by atoms with Crippen molar-refractivity contribution in [2.45, 2.75) is 38.8 Å². The highest BCUT2D eigenvalue weighted by Gasteiger charge is 2.25. The number of aromatic nitrogens is 3. The first-order chi connectivity index (χ1) is 17.6. The first-order valence-corrected chi connectivity index (χ1v) is 12.8. The first kappa shape index (κ1) is 23.7. The highest BCUT2D eigenvalue weighted by atomic mass is 32.1. The zero-order chi connectivity index (χ0) is 24.9. The maximum absolute atomic E-state index is 12.7. The van der Waals surface area contributed by atoms with E-state index in [9.17, 15) is 9.59 Å². The third-order valence-corrected chi connectivity index (χ3v) is 7.03. The van der Waals surface area contributed by atoms with Crippen molar-refractivity contribution >= 4 is 40.0 Å². The lowest BCUT2D eigenvalue weighted by Gasteiger charge is -2.23. The van der Waals surface area contributed by atoms with Crippen LogP contribution in [0.4, 0.5) is 10.8 Å². The maximum atomic E-state index is 12.7. The molecule has 0 fully saturated rings. The van der Waals surface area contributed by atoms with Crippen molar-refractivity contribution < 1.29 is 9.59 Å². The van der Waals surface area contributed by atoms with E-state index in [1.54, 1.807) is 11.0 Å². The number of anilines is 2. The average molecular weight is 498 g/mol. The molecular formula is C28H27N5O2S. The van der Waals surface area contributed by atoms with Gasteiger partial charge >= 0.3 is 0 Å². The van der Waals surface area contributed by atoms with Gasteiger partial charge in [-0.2, -0.15) is 5.10 Å². The van der Waals surface area contributed by atoms with E-state index in [1.165, 1.54) is 35.6 Å². The summed E-state index contributed by atoms with van der Waals surface area (Å²) in [6, 6.07) is 19.6. The molecule has 1 N–H and O–H groups in total. The number of amides is 2. The zero-order valence-corrected chi connectivity index (χ0v) is 20.8. The predicted molar refractivity (Wildman–Crippen MR) is 142 cm³/mol. The van der Waals surface area contributed by atoms with Gasteiger partial charge in [-0.25, -0.2) is 4.98 Å². The van der Waals surface area contributed by atoms with Crippen LogP contribution in [0, 0.1) is 0 Å². The summed E-state index contributed by atoms with van der Waals surface area (Å²) in [5, 5.41) is 10.1. The summed E-state index contributed by atoms with van der Waals surface area (Å²) in [5.74, 6) is -0.297. The molecule has 1 unspecified atom stereocenters. The molecule has 4 aromatic rings. The molecule has 2 amide bonds. The summed E-state index contributed by atoms with van der Waals surface area (Å²) in [5.41, 5.74) is 4.88. The van der Waals surface area contributed by atoms with E-state index in [1.807, 2.05) is 64.8 Å². The zero-order valence-electron chi connectivity index (χ0n) is 20.0. The lowest BCUT2D eigenvalue weighted by molar-refractivity contribution is -0.117. The van der Waals surface area contributed by atoms with Gasteiger partial charge in [0.2, 0.25) is 11.8 Å². The number of nitrogens with one attached hydrogen (secondary N) is 1. The Morgan fingerprint density at radius 3 is 2.64 bits per heavy atom. The number of carbonyl (C=O) groups excluding carboxylic acids is 2. The maximum Gasteiger partial charge on any atom is 0.244 e. The number of rotatable bonds is 7. The molecule has 1 atom stereocenters. The van der Waals surface area contributed by atoms with Crippen LogP contribution in [-0.2, 0) is 22.6 Å². The van der Waals surface area contributed by atoms with E-state index in [0.29, 0.717) is 10.8 Å². The molecule has 1 aliphatic rings. The van der Waals surface area contributed by atoms with Crippen LogP contribution in [0.25, 0.3) is 6.08 Å². The summed E-state index contributed by atoms with van der Waals surface area (Å²) < 4.78 is 2.04. The Morgan fingerprint density at radius 1 is 1.14 bits per heavy atom. The van der Waals surface area contributed by atoms with Crippen molar-refractivity contribution in [3.63, 3.8) is 0 Å². The lowest BCUT2D eigenvalue weighted by atomic mass is 9.93. The number of para-hydroxylation sites is 1. The van der Waals surface area contributed by atoms with Gasteiger partial charge in [0.15, 0.2) is 5.13 Å². The van der Waals surface area contributed by atoms with Gasteiger partial charge in [0, 0.05) is 29.6 Å². The smallest absolute Gasteiger partial charge is 0.244 e. The summed E-state index contributed by atoms with van der Waals surface area (Å²) in [4.78, 5) is 31.1. The van der Waals surface area contributed by atoms with Gasteiger partial charge in [-0.15, -0.1) is 11.3 Å². The fourth-order valence-electron chi connectivity index (χ4n) is 4.50. The number of hydrogen-bond acceptors (Lipinski definition) is 5. The second-order valence-electron chi connectivity index (χ2n) is 8.72.